The van der Waals surface area contributed by atoms with Crippen molar-refractivity contribution < 1.29 is 9.15 Å². The first-order valence-corrected chi connectivity index (χ1v) is 18.4. The Hall–Kier alpha value is -7.10. The first-order valence-electron chi connectivity index (χ1n) is 18.4. The number of ether oxygens (including phenoxy) is 1. The van der Waals surface area contributed by atoms with Crippen molar-refractivity contribution >= 4 is 28.0 Å². The second kappa shape index (κ2) is 12.0. The molecule has 0 unspecified atom stereocenters. The fraction of sp³-hybridized carbons (Fsp3) is 0.0196. The van der Waals surface area contributed by atoms with Crippen molar-refractivity contribution in [3.63, 3.8) is 0 Å². The Kier molecular flexibility index (Phi) is 6.77. The van der Waals surface area contributed by atoms with E-state index < -0.39 is 5.41 Å². The summed E-state index contributed by atoms with van der Waals surface area (Å²) in [6.45, 7) is 0. The Morgan fingerprint density at radius 2 is 0.852 bits per heavy atom. The van der Waals surface area contributed by atoms with Crippen molar-refractivity contribution in [1.29, 1.82) is 0 Å². The van der Waals surface area contributed by atoms with Gasteiger partial charge < -0.3 is 14.1 Å². The summed E-state index contributed by atoms with van der Waals surface area (Å²) in [7, 11) is 0. The van der Waals surface area contributed by atoms with Gasteiger partial charge in [-0.3, -0.25) is 0 Å². The highest BCUT2D eigenvalue weighted by Crippen LogP contribution is 2.63. The van der Waals surface area contributed by atoms with Crippen LogP contribution in [-0.4, -0.2) is 0 Å². The van der Waals surface area contributed by atoms with Gasteiger partial charge in [-0.2, -0.15) is 0 Å². The van der Waals surface area contributed by atoms with Crippen LogP contribution in [0, 0.1) is 0 Å². The molecule has 0 radical (unpaired) electrons. The lowest BCUT2D eigenvalue weighted by Crippen LogP contribution is -2.31. The molecule has 3 nitrogen and oxygen atoms in total. The number of furan rings is 1. The summed E-state index contributed by atoms with van der Waals surface area (Å²) in [6.07, 6.45) is 0. The number of hydrogen-bond acceptors (Lipinski definition) is 3. The average Bonchev–Trinajstić information content (AvgIpc) is 3.76. The summed E-state index contributed by atoms with van der Waals surface area (Å²) in [5, 5.41) is 0.935. The van der Waals surface area contributed by atoms with E-state index in [1.165, 1.54) is 44.5 Å². The maximum Gasteiger partial charge on any atom is 0.178 e. The van der Waals surface area contributed by atoms with Crippen LogP contribution in [0.5, 0.6) is 11.5 Å². The third-order valence-corrected chi connectivity index (χ3v) is 11.1. The number of fused-ring (bicyclic) bond motifs is 11. The Morgan fingerprint density at radius 1 is 0.389 bits per heavy atom. The molecule has 0 N–H and O–H groups in total. The van der Waals surface area contributed by atoms with Crippen LogP contribution in [0.3, 0.4) is 0 Å². The molecule has 2 heterocycles. The van der Waals surface area contributed by atoms with Crippen LogP contribution in [0.15, 0.2) is 205 Å². The number of hydrogen-bond donors (Lipinski definition) is 0. The molecule has 1 aromatic heterocycles. The predicted molar refractivity (Wildman–Crippen MR) is 219 cm³/mol. The van der Waals surface area contributed by atoms with Crippen LogP contribution in [0.25, 0.3) is 44.3 Å². The van der Waals surface area contributed by atoms with Crippen molar-refractivity contribution in [2.75, 3.05) is 4.90 Å². The molecule has 254 valence electrons. The van der Waals surface area contributed by atoms with Crippen LogP contribution < -0.4 is 9.64 Å². The van der Waals surface area contributed by atoms with Gasteiger partial charge in [0, 0.05) is 22.6 Å². The lowest BCUT2D eigenvalue weighted by molar-refractivity contribution is 0.389. The van der Waals surface area contributed by atoms with E-state index in [2.05, 4.69) is 205 Å². The van der Waals surface area contributed by atoms with Gasteiger partial charge in [-0.05, 0) is 93.0 Å². The normalized spacial score (nSPS) is 13.1. The van der Waals surface area contributed by atoms with Gasteiger partial charge in [0.05, 0.1) is 5.39 Å². The van der Waals surface area contributed by atoms with E-state index in [0.29, 0.717) is 0 Å². The molecule has 3 heteroatoms. The predicted octanol–water partition coefficient (Wildman–Crippen LogP) is 13.7. The molecule has 0 atom stereocenters. The van der Waals surface area contributed by atoms with Crippen molar-refractivity contribution in [3.8, 4) is 44.9 Å². The molecule has 1 aliphatic heterocycles. The fourth-order valence-corrected chi connectivity index (χ4v) is 8.73. The molecule has 54 heavy (non-hydrogen) atoms. The minimum atomic E-state index is -0.656. The monoisotopic (exact) mass is 691 g/mol. The number of para-hydroxylation sites is 1. The van der Waals surface area contributed by atoms with Crippen LogP contribution in [-0.2, 0) is 5.41 Å². The van der Waals surface area contributed by atoms with Crippen LogP contribution >= 0.6 is 0 Å². The van der Waals surface area contributed by atoms with Gasteiger partial charge in [-0.1, -0.05) is 152 Å². The summed E-state index contributed by atoms with van der Waals surface area (Å²) >= 11 is 0. The van der Waals surface area contributed by atoms with Crippen LogP contribution in [0.1, 0.15) is 22.5 Å². The highest BCUT2D eigenvalue weighted by atomic mass is 16.5. The molecule has 8 aromatic carbocycles. The summed E-state index contributed by atoms with van der Waals surface area (Å²) < 4.78 is 13.9. The highest BCUT2D eigenvalue weighted by Gasteiger charge is 2.54. The maximum atomic E-state index is 7.03. The van der Waals surface area contributed by atoms with Gasteiger partial charge in [0.1, 0.15) is 16.7 Å². The topological polar surface area (TPSA) is 25.6 Å². The lowest BCUT2D eigenvalue weighted by Gasteiger charge is -2.36. The van der Waals surface area contributed by atoms with Crippen LogP contribution in [0.2, 0.25) is 0 Å². The molecular formula is C51H33NO2. The Balaban J connectivity index is 1.11. The van der Waals surface area contributed by atoms with Crippen molar-refractivity contribution in [3.05, 3.63) is 223 Å². The average molecular weight is 692 g/mol. The maximum absolute atomic E-state index is 7.03. The second-order valence-electron chi connectivity index (χ2n) is 14.0. The second-order valence-corrected chi connectivity index (χ2v) is 14.0. The van der Waals surface area contributed by atoms with Gasteiger partial charge in [0.25, 0.3) is 0 Å². The lowest BCUT2D eigenvalue weighted by atomic mass is 9.69. The van der Waals surface area contributed by atoms with Gasteiger partial charge in [-0.15, -0.1) is 0 Å². The summed E-state index contributed by atoms with van der Waals surface area (Å²) in [6, 6.07) is 71.0. The number of rotatable bonds is 5. The van der Waals surface area contributed by atoms with Crippen LogP contribution in [0.4, 0.5) is 17.1 Å². The third kappa shape index (κ3) is 4.49. The largest absolute Gasteiger partial charge is 0.455 e. The fourth-order valence-electron chi connectivity index (χ4n) is 8.73. The zero-order valence-electron chi connectivity index (χ0n) is 29.3. The molecule has 1 aliphatic carbocycles. The molecule has 2 aliphatic rings. The Morgan fingerprint density at radius 3 is 1.43 bits per heavy atom. The summed E-state index contributed by atoms with van der Waals surface area (Å²) in [5.74, 6) is 2.42. The SMILES string of the molecule is c1ccc(-c2ccc(N(c3ccc(-c4ccccc4)cc3)c3ccc4oc5c(c4c3)Oc3ccccc3C53c4ccccc4-c4ccccc43)cc2)cc1. The Bertz CT molecular complexity index is 2710. The zero-order chi connectivity index (χ0) is 35.6. The molecule has 9 aromatic rings. The minimum Gasteiger partial charge on any atom is -0.455 e. The third-order valence-electron chi connectivity index (χ3n) is 11.1. The Labute approximate surface area is 314 Å². The first kappa shape index (κ1) is 30.5. The summed E-state index contributed by atoms with van der Waals surface area (Å²) in [5.41, 5.74) is 13.9. The number of benzene rings is 8. The molecule has 1 spiro atoms. The standard InChI is InChI=1S/C51H33NO2/c1-3-13-34(14-4-1)36-23-27-38(28-24-36)52(39-29-25-37(26-30-39)35-15-5-2-6-16-35)40-31-32-47-43(33-40)49-50(54-47)51(46-21-11-12-22-48(46)53-49)44-19-9-7-17-41(44)42-18-8-10-20-45(42)51/h1-33H. The van der Waals surface area contributed by atoms with E-state index in [1.54, 1.807) is 0 Å². The smallest absolute Gasteiger partial charge is 0.178 e. The van der Waals surface area contributed by atoms with E-state index in [0.717, 1.165) is 50.9 Å². The van der Waals surface area contributed by atoms with Crippen molar-refractivity contribution in [2.24, 2.45) is 0 Å². The minimum absolute atomic E-state index is 0.656. The number of nitrogens with zero attached hydrogens (tertiary/aromatic N) is 1. The van der Waals surface area contributed by atoms with Gasteiger partial charge >= 0.3 is 0 Å². The number of anilines is 3. The van der Waals surface area contributed by atoms with Gasteiger partial charge in [0.15, 0.2) is 11.5 Å². The molecule has 0 amide bonds. The summed E-state index contributed by atoms with van der Waals surface area (Å²) in [4.78, 5) is 2.31. The van der Waals surface area contributed by atoms with E-state index in [9.17, 15) is 0 Å². The molecule has 0 bridgehead atoms. The van der Waals surface area contributed by atoms with Crippen molar-refractivity contribution in [1.82, 2.24) is 0 Å². The molecule has 0 saturated carbocycles. The first-order chi connectivity index (χ1) is 26.8. The molecular weight excluding hydrogens is 659 g/mol. The van der Waals surface area contributed by atoms with Gasteiger partial charge in [-0.25, -0.2) is 0 Å². The van der Waals surface area contributed by atoms with E-state index in [4.69, 9.17) is 9.15 Å². The van der Waals surface area contributed by atoms with Gasteiger partial charge in [0.2, 0.25) is 0 Å². The molecule has 0 saturated heterocycles. The van der Waals surface area contributed by atoms with E-state index in [1.807, 2.05) is 0 Å². The van der Waals surface area contributed by atoms with E-state index >= 15 is 0 Å². The highest BCUT2D eigenvalue weighted by molar-refractivity contribution is 5.96. The molecule has 11 rings (SSSR count). The molecule has 0 fully saturated rings. The quantitative estimate of drug-likeness (QED) is 0.180. The van der Waals surface area contributed by atoms with E-state index in [-0.39, 0.29) is 0 Å². The zero-order valence-corrected chi connectivity index (χ0v) is 29.3. The van der Waals surface area contributed by atoms with Crippen molar-refractivity contribution in [2.45, 2.75) is 5.41 Å².